The normalized spacial score (nSPS) is 24.2. The molecule has 1 heterocycles. The van der Waals surface area contributed by atoms with Crippen LogP contribution in [0.4, 0.5) is 5.69 Å². The van der Waals surface area contributed by atoms with Crippen LogP contribution < -0.4 is 5.32 Å². The van der Waals surface area contributed by atoms with Crippen molar-refractivity contribution in [3.63, 3.8) is 0 Å². The number of hydrogen-bond donors (Lipinski definition) is 2. The summed E-state index contributed by atoms with van der Waals surface area (Å²) in [6.07, 6.45) is 5.67. The first-order valence-electron chi connectivity index (χ1n) is 8.42. The Hall–Kier alpha value is -2.55. The molecule has 3 heteroatoms. The average Bonchev–Trinajstić information content (AvgIpc) is 3.02. The number of carboxylic acids is 1. The lowest BCUT2D eigenvalue weighted by Crippen LogP contribution is -2.29. The van der Waals surface area contributed by atoms with Gasteiger partial charge in [0.2, 0.25) is 0 Å². The Balaban J connectivity index is 1.76. The molecular formula is C21H21NO2. The topological polar surface area (TPSA) is 49.3 Å². The maximum atomic E-state index is 11.1. The second kappa shape index (κ2) is 5.52. The highest BCUT2D eigenvalue weighted by molar-refractivity contribution is 5.87. The molecule has 0 bridgehead atoms. The van der Waals surface area contributed by atoms with Gasteiger partial charge in [-0.05, 0) is 66.6 Å². The molecule has 2 aliphatic rings. The van der Waals surface area contributed by atoms with Crippen molar-refractivity contribution < 1.29 is 9.90 Å². The maximum Gasteiger partial charge on any atom is 0.335 e. The van der Waals surface area contributed by atoms with Gasteiger partial charge in [-0.25, -0.2) is 4.79 Å². The van der Waals surface area contributed by atoms with Crippen LogP contribution in [0.3, 0.4) is 0 Å². The highest BCUT2D eigenvalue weighted by Gasteiger charge is 2.38. The quantitative estimate of drug-likeness (QED) is 0.780. The molecule has 0 unspecified atom stereocenters. The van der Waals surface area contributed by atoms with Crippen LogP contribution in [0.2, 0.25) is 0 Å². The molecule has 0 spiro atoms. The zero-order valence-corrected chi connectivity index (χ0v) is 13.9. The largest absolute Gasteiger partial charge is 0.478 e. The molecule has 3 atom stereocenters. The number of aryl methyl sites for hydroxylation is 2. The first-order chi connectivity index (χ1) is 11.5. The van der Waals surface area contributed by atoms with Crippen molar-refractivity contribution in [2.45, 2.75) is 32.2 Å². The fraction of sp³-hybridized carbons (Fsp3) is 0.286. The third-order valence-electron chi connectivity index (χ3n) is 5.33. The Morgan fingerprint density at radius 1 is 1.17 bits per heavy atom. The number of rotatable bonds is 2. The van der Waals surface area contributed by atoms with Crippen molar-refractivity contribution >= 4 is 11.7 Å². The van der Waals surface area contributed by atoms with E-state index >= 15 is 0 Å². The van der Waals surface area contributed by atoms with E-state index in [4.69, 9.17) is 5.11 Å². The molecule has 122 valence electrons. The minimum absolute atomic E-state index is 0.210. The van der Waals surface area contributed by atoms with Gasteiger partial charge < -0.3 is 10.4 Å². The smallest absolute Gasteiger partial charge is 0.335 e. The predicted octanol–water partition coefficient (Wildman–Crippen LogP) is 4.83. The fourth-order valence-corrected chi connectivity index (χ4v) is 4.30. The van der Waals surface area contributed by atoms with Gasteiger partial charge in [-0.1, -0.05) is 30.4 Å². The van der Waals surface area contributed by atoms with E-state index in [1.54, 1.807) is 12.1 Å². The Kier molecular flexibility index (Phi) is 3.45. The number of anilines is 1. The van der Waals surface area contributed by atoms with Crippen LogP contribution >= 0.6 is 0 Å². The number of carboxylic acid groups (broad SMARTS) is 1. The van der Waals surface area contributed by atoms with E-state index in [9.17, 15) is 4.79 Å². The van der Waals surface area contributed by atoms with Crippen molar-refractivity contribution in [1.29, 1.82) is 0 Å². The first-order valence-corrected chi connectivity index (χ1v) is 8.42. The van der Waals surface area contributed by atoms with Crippen LogP contribution in [0.1, 0.15) is 51.0 Å². The van der Waals surface area contributed by atoms with Gasteiger partial charge in [-0.2, -0.15) is 0 Å². The summed E-state index contributed by atoms with van der Waals surface area (Å²) >= 11 is 0. The summed E-state index contributed by atoms with van der Waals surface area (Å²) in [5.74, 6) is 0.0377. The van der Waals surface area contributed by atoms with Gasteiger partial charge in [-0.3, -0.25) is 0 Å². The van der Waals surface area contributed by atoms with E-state index < -0.39 is 5.97 Å². The summed E-state index contributed by atoms with van der Waals surface area (Å²) in [7, 11) is 0. The number of allylic oxidation sites excluding steroid dienone is 2. The Morgan fingerprint density at radius 3 is 2.62 bits per heavy atom. The highest BCUT2D eigenvalue weighted by atomic mass is 16.4. The van der Waals surface area contributed by atoms with Crippen molar-refractivity contribution in [1.82, 2.24) is 0 Å². The number of hydrogen-bond acceptors (Lipinski definition) is 2. The number of nitrogens with one attached hydrogen (secondary N) is 1. The second-order valence-electron chi connectivity index (χ2n) is 6.95. The van der Waals surface area contributed by atoms with Gasteiger partial charge in [-0.15, -0.1) is 0 Å². The maximum absolute atomic E-state index is 11.1. The monoisotopic (exact) mass is 319 g/mol. The van der Waals surface area contributed by atoms with Crippen molar-refractivity contribution in [3.05, 3.63) is 76.4 Å². The molecule has 24 heavy (non-hydrogen) atoms. The van der Waals surface area contributed by atoms with Gasteiger partial charge >= 0.3 is 5.97 Å². The third-order valence-corrected chi connectivity index (χ3v) is 5.33. The van der Waals surface area contributed by atoms with Crippen molar-refractivity contribution in [2.24, 2.45) is 5.92 Å². The van der Waals surface area contributed by atoms with Gasteiger partial charge in [0.1, 0.15) is 0 Å². The lowest BCUT2D eigenvalue weighted by Gasteiger charge is -2.38. The van der Waals surface area contributed by atoms with Crippen molar-refractivity contribution in [3.8, 4) is 0 Å². The average molecular weight is 319 g/mol. The Labute approximate surface area is 142 Å². The van der Waals surface area contributed by atoms with Crippen LogP contribution in [-0.2, 0) is 0 Å². The lowest BCUT2D eigenvalue weighted by molar-refractivity contribution is 0.0697. The standard InChI is InChI=1S/C21H21NO2/c1-12-10-13(2)19-16-4-3-5-17(16)20(22-18(19)11-12)14-6-8-15(9-7-14)21(23)24/h3-4,6-11,16-17,20,22H,5H2,1-2H3,(H,23,24)/t16-,17-,20-/m1/s1. The number of benzene rings is 2. The number of aromatic carboxylic acids is 1. The van der Waals surface area contributed by atoms with Gasteiger partial charge in [0.25, 0.3) is 0 Å². The summed E-state index contributed by atoms with van der Waals surface area (Å²) in [5, 5.41) is 12.8. The molecule has 0 amide bonds. The number of carbonyl (C=O) groups is 1. The van der Waals surface area contributed by atoms with Crippen molar-refractivity contribution in [2.75, 3.05) is 5.32 Å². The lowest BCUT2D eigenvalue weighted by atomic mass is 9.75. The Bertz CT molecular complexity index is 836. The fourth-order valence-electron chi connectivity index (χ4n) is 4.30. The summed E-state index contributed by atoms with van der Waals surface area (Å²) < 4.78 is 0. The zero-order valence-electron chi connectivity index (χ0n) is 13.9. The molecule has 2 aromatic rings. The second-order valence-corrected chi connectivity index (χ2v) is 6.95. The summed E-state index contributed by atoms with van der Waals surface area (Å²) in [6.45, 7) is 4.32. The van der Waals surface area contributed by atoms with Crippen LogP contribution in [0.5, 0.6) is 0 Å². The zero-order chi connectivity index (χ0) is 16.8. The molecule has 0 fully saturated rings. The molecular weight excluding hydrogens is 298 g/mol. The van der Waals surface area contributed by atoms with Gasteiger partial charge in [0, 0.05) is 11.6 Å². The van der Waals surface area contributed by atoms with Gasteiger partial charge in [0.15, 0.2) is 0 Å². The molecule has 1 aliphatic heterocycles. The molecule has 2 aromatic carbocycles. The molecule has 1 aliphatic carbocycles. The van der Waals surface area contributed by atoms with Crippen LogP contribution in [-0.4, -0.2) is 11.1 Å². The van der Waals surface area contributed by atoms with E-state index in [2.05, 4.69) is 43.4 Å². The summed E-state index contributed by atoms with van der Waals surface area (Å²) in [5.41, 5.74) is 6.73. The SMILES string of the molecule is Cc1cc(C)c2c(c1)N[C@H](c1ccc(C(=O)O)cc1)[C@@H]1CC=C[C@@H]21. The van der Waals surface area contributed by atoms with E-state index in [1.807, 2.05) is 12.1 Å². The summed E-state index contributed by atoms with van der Waals surface area (Å²) in [4.78, 5) is 11.1. The van der Waals surface area contributed by atoms with Gasteiger partial charge in [0.05, 0.1) is 11.6 Å². The van der Waals surface area contributed by atoms with E-state index in [0.717, 1.165) is 12.0 Å². The van der Waals surface area contributed by atoms with Crippen LogP contribution in [0.25, 0.3) is 0 Å². The summed E-state index contributed by atoms with van der Waals surface area (Å²) in [6, 6.07) is 12.0. The van der Waals surface area contributed by atoms with E-state index in [0.29, 0.717) is 17.4 Å². The molecule has 0 radical (unpaired) electrons. The van der Waals surface area contributed by atoms with Crippen LogP contribution in [0, 0.1) is 19.8 Å². The molecule has 4 rings (SSSR count). The highest BCUT2D eigenvalue weighted by Crippen LogP contribution is 2.50. The third kappa shape index (κ3) is 2.32. The number of fused-ring (bicyclic) bond motifs is 3. The molecule has 0 saturated heterocycles. The van der Waals surface area contributed by atoms with Crippen LogP contribution in [0.15, 0.2) is 48.6 Å². The molecule has 0 aromatic heterocycles. The van der Waals surface area contributed by atoms with E-state index in [-0.39, 0.29) is 6.04 Å². The van der Waals surface area contributed by atoms with E-state index in [1.165, 1.54) is 22.4 Å². The minimum Gasteiger partial charge on any atom is -0.478 e. The predicted molar refractivity (Wildman–Crippen MR) is 95.7 cm³/mol. The molecule has 0 saturated carbocycles. The minimum atomic E-state index is -0.879. The Morgan fingerprint density at radius 2 is 1.92 bits per heavy atom. The molecule has 2 N–H and O–H groups in total. The molecule has 3 nitrogen and oxygen atoms in total. The first kappa shape index (κ1) is 15.0.